The Labute approximate surface area is 143 Å². The van der Waals surface area contributed by atoms with Crippen molar-refractivity contribution in [2.24, 2.45) is 4.99 Å². The van der Waals surface area contributed by atoms with Crippen LogP contribution in [0.1, 0.15) is 32.6 Å². The SMILES string of the molecule is CCCN1CCC(NC(=NC)NCCCN(C)CC(F)(F)F)CC1. The topological polar surface area (TPSA) is 42.9 Å². The van der Waals surface area contributed by atoms with Gasteiger partial charge in [-0.05, 0) is 45.8 Å². The van der Waals surface area contributed by atoms with Crippen LogP contribution >= 0.6 is 0 Å². The van der Waals surface area contributed by atoms with E-state index in [1.165, 1.54) is 18.4 Å². The predicted molar refractivity (Wildman–Crippen MR) is 92.4 cm³/mol. The van der Waals surface area contributed by atoms with Crippen LogP contribution in [0.25, 0.3) is 0 Å². The molecule has 0 aliphatic carbocycles. The first-order valence-corrected chi connectivity index (χ1v) is 8.79. The van der Waals surface area contributed by atoms with Crippen molar-refractivity contribution in [3.05, 3.63) is 0 Å². The van der Waals surface area contributed by atoms with Gasteiger partial charge in [0.2, 0.25) is 0 Å². The third-order valence-corrected chi connectivity index (χ3v) is 4.15. The maximum absolute atomic E-state index is 12.2. The minimum atomic E-state index is -4.13. The number of hydrogen-bond donors (Lipinski definition) is 2. The molecule has 0 aromatic rings. The molecular formula is C16H32F3N5. The van der Waals surface area contributed by atoms with Crippen LogP contribution in [0.4, 0.5) is 13.2 Å². The van der Waals surface area contributed by atoms with Crippen molar-refractivity contribution < 1.29 is 13.2 Å². The van der Waals surface area contributed by atoms with E-state index in [0.717, 1.165) is 38.4 Å². The summed E-state index contributed by atoms with van der Waals surface area (Å²) in [5.74, 6) is 0.738. The highest BCUT2D eigenvalue weighted by Crippen LogP contribution is 2.15. The molecule has 0 saturated carbocycles. The molecule has 2 N–H and O–H groups in total. The fourth-order valence-electron chi connectivity index (χ4n) is 2.95. The van der Waals surface area contributed by atoms with Crippen LogP contribution in [0.2, 0.25) is 0 Å². The van der Waals surface area contributed by atoms with Crippen molar-refractivity contribution in [3.8, 4) is 0 Å². The maximum atomic E-state index is 12.2. The average Bonchev–Trinajstić information content (AvgIpc) is 2.50. The monoisotopic (exact) mass is 351 g/mol. The first kappa shape index (κ1) is 21.0. The highest BCUT2D eigenvalue weighted by atomic mass is 19.4. The summed E-state index contributed by atoms with van der Waals surface area (Å²) in [5, 5.41) is 6.60. The molecule has 0 aromatic carbocycles. The van der Waals surface area contributed by atoms with Gasteiger partial charge >= 0.3 is 6.18 Å². The highest BCUT2D eigenvalue weighted by Gasteiger charge is 2.28. The number of rotatable bonds is 8. The van der Waals surface area contributed by atoms with Gasteiger partial charge in [0.1, 0.15) is 0 Å². The smallest absolute Gasteiger partial charge is 0.356 e. The largest absolute Gasteiger partial charge is 0.401 e. The Morgan fingerprint density at radius 2 is 1.96 bits per heavy atom. The number of aliphatic imine (C=N–C) groups is 1. The minimum Gasteiger partial charge on any atom is -0.356 e. The number of hydrogen-bond acceptors (Lipinski definition) is 3. The summed E-state index contributed by atoms with van der Waals surface area (Å²) in [7, 11) is 3.21. The van der Waals surface area contributed by atoms with Crippen LogP contribution in [0, 0.1) is 0 Å². The second-order valence-corrected chi connectivity index (χ2v) is 6.47. The molecular weight excluding hydrogens is 319 g/mol. The van der Waals surface area contributed by atoms with Crippen LogP contribution in [0.5, 0.6) is 0 Å². The van der Waals surface area contributed by atoms with E-state index in [2.05, 4.69) is 27.4 Å². The van der Waals surface area contributed by atoms with Gasteiger partial charge in [-0.15, -0.1) is 0 Å². The summed E-state index contributed by atoms with van der Waals surface area (Å²) in [6, 6.07) is 0.414. The number of piperidine rings is 1. The van der Waals surface area contributed by atoms with Crippen LogP contribution in [-0.4, -0.2) is 81.3 Å². The number of guanidine groups is 1. The Morgan fingerprint density at radius 3 is 2.50 bits per heavy atom. The number of nitrogens with zero attached hydrogens (tertiary/aromatic N) is 3. The molecule has 0 unspecified atom stereocenters. The number of likely N-dealkylation sites (tertiary alicyclic amines) is 1. The molecule has 0 atom stereocenters. The summed E-state index contributed by atoms with van der Waals surface area (Å²) < 4.78 is 36.7. The Hall–Kier alpha value is -1.02. The fourth-order valence-corrected chi connectivity index (χ4v) is 2.95. The molecule has 0 aromatic heterocycles. The lowest BCUT2D eigenvalue weighted by Crippen LogP contribution is -2.49. The van der Waals surface area contributed by atoms with Crippen LogP contribution in [0.15, 0.2) is 4.99 Å². The molecule has 8 heteroatoms. The van der Waals surface area contributed by atoms with Crippen molar-refractivity contribution in [3.63, 3.8) is 0 Å². The predicted octanol–water partition coefficient (Wildman–Crippen LogP) is 1.91. The molecule has 1 rings (SSSR count). The summed E-state index contributed by atoms with van der Waals surface area (Å²) >= 11 is 0. The number of nitrogens with one attached hydrogen (secondary N) is 2. The van der Waals surface area contributed by atoms with E-state index in [9.17, 15) is 13.2 Å². The van der Waals surface area contributed by atoms with Gasteiger partial charge in [-0.3, -0.25) is 9.89 Å². The molecule has 142 valence electrons. The quantitative estimate of drug-likeness (QED) is 0.398. The minimum absolute atomic E-state index is 0.402. The van der Waals surface area contributed by atoms with Gasteiger partial charge in [-0.2, -0.15) is 13.2 Å². The lowest BCUT2D eigenvalue weighted by atomic mass is 10.1. The van der Waals surface area contributed by atoms with Gasteiger partial charge in [0, 0.05) is 32.7 Å². The summed E-state index contributed by atoms with van der Waals surface area (Å²) in [4.78, 5) is 7.97. The van der Waals surface area contributed by atoms with Crippen LogP contribution in [-0.2, 0) is 0 Å². The van der Waals surface area contributed by atoms with E-state index >= 15 is 0 Å². The van der Waals surface area contributed by atoms with Gasteiger partial charge in [0.25, 0.3) is 0 Å². The summed E-state index contributed by atoms with van der Waals surface area (Å²) in [6.45, 7) is 5.70. The van der Waals surface area contributed by atoms with Crippen molar-refractivity contribution in [1.29, 1.82) is 0 Å². The van der Waals surface area contributed by atoms with E-state index in [-0.39, 0.29) is 0 Å². The molecule has 1 saturated heterocycles. The van der Waals surface area contributed by atoms with E-state index in [1.807, 2.05) is 0 Å². The molecule has 5 nitrogen and oxygen atoms in total. The molecule has 0 bridgehead atoms. The maximum Gasteiger partial charge on any atom is 0.401 e. The van der Waals surface area contributed by atoms with Crippen molar-refractivity contribution in [1.82, 2.24) is 20.4 Å². The summed E-state index contributed by atoms with van der Waals surface area (Å²) in [6.07, 6.45) is -0.122. The first-order chi connectivity index (χ1) is 11.3. The lowest BCUT2D eigenvalue weighted by Gasteiger charge is -2.32. The molecule has 0 radical (unpaired) electrons. The molecule has 1 aliphatic heterocycles. The van der Waals surface area contributed by atoms with Gasteiger partial charge in [0.05, 0.1) is 6.54 Å². The Morgan fingerprint density at radius 1 is 1.29 bits per heavy atom. The zero-order valence-corrected chi connectivity index (χ0v) is 15.1. The normalized spacial score (nSPS) is 18.2. The third-order valence-electron chi connectivity index (χ3n) is 4.15. The standard InChI is InChI=1S/C16H32F3N5/c1-4-9-24-11-6-14(7-12-24)22-15(20-2)21-8-5-10-23(3)13-16(17,18)19/h14H,4-13H2,1-3H3,(H2,20,21,22). The number of alkyl halides is 3. The third kappa shape index (κ3) is 9.32. The Balaban J connectivity index is 2.17. The van der Waals surface area contributed by atoms with E-state index in [0.29, 0.717) is 25.6 Å². The fraction of sp³-hybridized carbons (Fsp3) is 0.938. The lowest BCUT2D eigenvalue weighted by molar-refractivity contribution is -0.143. The second-order valence-electron chi connectivity index (χ2n) is 6.47. The van der Waals surface area contributed by atoms with Gasteiger partial charge < -0.3 is 15.5 Å². The highest BCUT2D eigenvalue weighted by molar-refractivity contribution is 5.79. The Kier molecular flexibility index (Phi) is 9.43. The zero-order chi connectivity index (χ0) is 18.0. The van der Waals surface area contributed by atoms with Crippen LogP contribution in [0.3, 0.4) is 0 Å². The van der Waals surface area contributed by atoms with E-state index in [1.54, 1.807) is 7.05 Å². The molecule has 1 fully saturated rings. The van der Waals surface area contributed by atoms with Crippen LogP contribution < -0.4 is 10.6 Å². The Bertz CT molecular complexity index is 365. The first-order valence-electron chi connectivity index (χ1n) is 8.79. The summed E-state index contributed by atoms with van der Waals surface area (Å²) in [5.41, 5.74) is 0. The van der Waals surface area contributed by atoms with Gasteiger partial charge in [0.15, 0.2) is 5.96 Å². The van der Waals surface area contributed by atoms with Crippen molar-refractivity contribution in [2.75, 3.05) is 53.4 Å². The second kappa shape index (κ2) is 10.8. The van der Waals surface area contributed by atoms with Gasteiger partial charge in [-0.25, -0.2) is 0 Å². The van der Waals surface area contributed by atoms with E-state index in [4.69, 9.17) is 0 Å². The molecule has 24 heavy (non-hydrogen) atoms. The molecule has 1 heterocycles. The van der Waals surface area contributed by atoms with Gasteiger partial charge in [-0.1, -0.05) is 6.92 Å². The number of halogens is 3. The zero-order valence-electron chi connectivity index (χ0n) is 15.1. The molecule has 0 amide bonds. The van der Waals surface area contributed by atoms with Crippen molar-refractivity contribution in [2.45, 2.75) is 44.8 Å². The van der Waals surface area contributed by atoms with E-state index < -0.39 is 12.7 Å². The average molecular weight is 351 g/mol. The molecule has 0 spiro atoms. The van der Waals surface area contributed by atoms with Crippen molar-refractivity contribution >= 4 is 5.96 Å². The molecule has 1 aliphatic rings.